The second-order valence-corrected chi connectivity index (χ2v) is 4.83. The Balaban J connectivity index is 0.00000133. The lowest BCUT2D eigenvalue weighted by Gasteiger charge is -2.27. The molecule has 0 radical (unpaired) electrons. The molecular formula is C15H15Cl2NO. The number of halogens is 2. The summed E-state index contributed by atoms with van der Waals surface area (Å²) < 4.78 is 6.02. The normalized spacial score (nSPS) is 17.2. The number of benzene rings is 2. The van der Waals surface area contributed by atoms with Crippen LogP contribution in [0.25, 0.3) is 0 Å². The molecule has 0 spiro atoms. The summed E-state index contributed by atoms with van der Waals surface area (Å²) in [6.07, 6.45) is 0.0659. The number of hydrogen-bond donors (Lipinski definition) is 1. The molecule has 3 rings (SSSR count). The zero-order chi connectivity index (χ0) is 12.4. The Labute approximate surface area is 124 Å². The highest BCUT2D eigenvalue weighted by Crippen LogP contribution is 2.27. The summed E-state index contributed by atoms with van der Waals surface area (Å²) in [5.74, 6) is 0.850. The van der Waals surface area contributed by atoms with Crippen LogP contribution in [0.1, 0.15) is 17.2 Å². The first-order valence-corrected chi connectivity index (χ1v) is 6.41. The molecular weight excluding hydrogens is 281 g/mol. The van der Waals surface area contributed by atoms with Crippen LogP contribution < -0.4 is 10.1 Å². The number of ether oxygens (including phenoxy) is 1. The third-order valence-electron chi connectivity index (χ3n) is 3.14. The minimum Gasteiger partial charge on any atom is -0.484 e. The summed E-state index contributed by atoms with van der Waals surface area (Å²) >= 11 is 5.87. The van der Waals surface area contributed by atoms with Gasteiger partial charge >= 0.3 is 0 Å². The van der Waals surface area contributed by atoms with E-state index in [2.05, 4.69) is 29.6 Å². The topological polar surface area (TPSA) is 21.3 Å². The van der Waals surface area contributed by atoms with Crippen molar-refractivity contribution in [2.24, 2.45) is 0 Å². The van der Waals surface area contributed by atoms with Crippen LogP contribution in [0.3, 0.4) is 0 Å². The second kappa shape index (κ2) is 6.29. The van der Waals surface area contributed by atoms with Crippen molar-refractivity contribution in [3.05, 3.63) is 64.7 Å². The van der Waals surface area contributed by atoms with Crippen LogP contribution in [-0.2, 0) is 6.54 Å². The third kappa shape index (κ3) is 3.21. The summed E-state index contributed by atoms with van der Waals surface area (Å²) in [5.41, 5.74) is 2.58. The van der Waals surface area contributed by atoms with Gasteiger partial charge in [0, 0.05) is 18.1 Å². The molecule has 0 bridgehead atoms. The van der Waals surface area contributed by atoms with E-state index in [1.165, 1.54) is 11.1 Å². The molecule has 2 aromatic rings. The van der Waals surface area contributed by atoms with Gasteiger partial charge in [-0.1, -0.05) is 35.9 Å². The summed E-state index contributed by atoms with van der Waals surface area (Å²) in [6, 6.07) is 15.9. The Morgan fingerprint density at radius 1 is 1.05 bits per heavy atom. The largest absolute Gasteiger partial charge is 0.484 e. The van der Waals surface area contributed by atoms with E-state index in [1.54, 1.807) is 0 Å². The number of nitrogens with one attached hydrogen (secondary N) is 1. The predicted octanol–water partition coefficient (Wildman–Crippen LogP) is 3.99. The fraction of sp³-hybridized carbons (Fsp3) is 0.200. The van der Waals surface area contributed by atoms with Gasteiger partial charge in [-0.2, -0.15) is 0 Å². The Bertz CT molecular complexity index is 542. The molecule has 0 saturated heterocycles. The van der Waals surface area contributed by atoms with Crippen LogP contribution in [0.4, 0.5) is 0 Å². The van der Waals surface area contributed by atoms with E-state index in [9.17, 15) is 0 Å². The quantitative estimate of drug-likeness (QED) is 0.905. The van der Waals surface area contributed by atoms with Crippen molar-refractivity contribution in [2.75, 3.05) is 6.54 Å². The van der Waals surface area contributed by atoms with Crippen LogP contribution in [-0.4, -0.2) is 6.54 Å². The number of fused-ring (bicyclic) bond motifs is 1. The van der Waals surface area contributed by atoms with Gasteiger partial charge in [-0.05, 0) is 35.4 Å². The van der Waals surface area contributed by atoms with Gasteiger partial charge in [0.25, 0.3) is 0 Å². The SMILES string of the molecule is Cl.Clc1ccc(OC2CNCc3ccccc32)cc1. The van der Waals surface area contributed by atoms with E-state index in [4.69, 9.17) is 16.3 Å². The smallest absolute Gasteiger partial charge is 0.136 e. The number of rotatable bonds is 2. The Hall–Kier alpha value is -1.22. The lowest BCUT2D eigenvalue weighted by atomic mass is 9.99. The third-order valence-corrected chi connectivity index (χ3v) is 3.39. The van der Waals surface area contributed by atoms with Crippen molar-refractivity contribution in [1.29, 1.82) is 0 Å². The van der Waals surface area contributed by atoms with Crippen molar-refractivity contribution >= 4 is 24.0 Å². The van der Waals surface area contributed by atoms with Gasteiger partial charge in [-0.25, -0.2) is 0 Å². The van der Waals surface area contributed by atoms with Crippen LogP contribution in [0.5, 0.6) is 5.75 Å². The molecule has 0 saturated carbocycles. The summed E-state index contributed by atoms with van der Waals surface area (Å²) in [6.45, 7) is 1.75. The molecule has 19 heavy (non-hydrogen) atoms. The zero-order valence-electron chi connectivity index (χ0n) is 10.3. The molecule has 1 heterocycles. The van der Waals surface area contributed by atoms with E-state index in [0.29, 0.717) is 0 Å². The Morgan fingerprint density at radius 2 is 1.79 bits per heavy atom. The highest BCUT2D eigenvalue weighted by atomic mass is 35.5. The monoisotopic (exact) mass is 295 g/mol. The van der Waals surface area contributed by atoms with Crippen LogP contribution in [0, 0.1) is 0 Å². The molecule has 0 amide bonds. The van der Waals surface area contributed by atoms with Gasteiger partial charge in [0.1, 0.15) is 11.9 Å². The van der Waals surface area contributed by atoms with Crippen LogP contribution >= 0.6 is 24.0 Å². The van der Waals surface area contributed by atoms with Gasteiger partial charge in [0.2, 0.25) is 0 Å². The standard InChI is InChI=1S/C15H14ClNO.ClH/c16-12-5-7-13(8-6-12)18-15-10-17-9-11-3-1-2-4-14(11)15;/h1-8,15,17H,9-10H2;1H. The van der Waals surface area contributed by atoms with Gasteiger partial charge in [-0.3, -0.25) is 0 Å². The first-order valence-electron chi connectivity index (χ1n) is 6.04. The van der Waals surface area contributed by atoms with E-state index in [1.807, 2.05) is 24.3 Å². The van der Waals surface area contributed by atoms with Crippen molar-refractivity contribution in [2.45, 2.75) is 12.6 Å². The fourth-order valence-electron chi connectivity index (χ4n) is 2.24. The Morgan fingerprint density at radius 3 is 2.58 bits per heavy atom. The van der Waals surface area contributed by atoms with E-state index < -0.39 is 0 Å². The fourth-order valence-corrected chi connectivity index (χ4v) is 2.37. The maximum atomic E-state index is 6.02. The van der Waals surface area contributed by atoms with Gasteiger partial charge in [0.05, 0.1) is 0 Å². The van der Waals surface area contributed by atoms with Gasteiger partial charge < -0.3 is 10.1 Å². The molecule has 4 heteroatoms. The Kier molecular flexibility index (Phi) is 4.70. The molecule has 100 valence electrons. The lowest BCUT2D eigenvalue weighted by Crippen LogP contribution is -2.31. The summed E-state index contributed by atoms with van der Waals surface area (Å²) in [4.78, 5) is 0. The predicted molar refractivity (Wildman–Crippen MR) is 80.2 cm³/mol. The highest BCUT2D eigenvalue weighted by molar-refractivity contribution is 6.30. The average molecular weight is 296 g/mol. The first kappa shape index (κ1) is 14.2. The van der Waals surface area contributed by atoms with Crippen molar-refractivity contribution in [1.82, 2.24) is 5.32 Å². The average Bonchev–Trinajstić information content (AvgIpc) is 2.42. The lowest BCUT2D eigenvalue weighted by molar-refractivity contribution is 0.191. The first-order chi connectivity index (χ1) is 8.83. The highest BCUT2D eigenvalue weighted by Gasteiger charge is 2.20. The van der Waals surface area contributed by atoms with E-state index in [-0.39, 0.29) is 18.5 Å². The summed E-state index contributed by atoms with van der Waals surface area (Å²) in [5, 5.41) is 4.10. The number of hydrogen-bond acceptors (Lipinski definition) is 2. The van der Waals surface area contributed by atoms with E-state index >= 15 is 0 Å². The van der Waals surface area contributed by atoms with Crippen molar-refractivity contribution in [3.8, 4) is 5.75 Å². The van der Waals surface area contributed by atoms with Crippen molar-refractivity contribution in [3.63, 3.8) is 0 Å². The molecule has 1 unspecified atom stereocenters. The van der Waals surface area contributed by atoms with Gasteiger partial charge in [0.15, 0.2) is 0 Å². The van der Waals surface area contributed by atoms with E-state index in [0.717, 1.165) is 23.9 Å². The van der Waals surface area contributed by atoms with Crippen LogP contribution in [0.15, 0.2) is 48.5 Å². The molecule has 0 fully saturated rings. The minimum atomic E-state index is 0. The molecule has 0 aromatic heterocycles. The maximum absolute atomic E-state index is 6.02. The molecule has 1 aliphatic heterocycles. The summed E-state index contributed by atoms with van der Waals surface area (Å²) in [7, 11) is 0. The molecule has 0 aliphatic carbocycles. The maximum Gasteiger partial charge on any atom is 0.136 e. The van der Waals surface area contributed by atoms with Crippen LogP contribution in [0.2, 0.25) is 5.02 Å². The zero-order valence-corrected chi connectivity index (χ0v) is 11.9. The van der Waals surface area contributed by atoms with Gasteiger partial charge in [-0.15, -0.1) is 12.4 Å². The molecule has 1 N–H and O–H groups in total. The molecule has 2 nitrogen and oxygen atoms in total. The minimum absolute atomic E-state index is 0. The second-order valence-electron chi connectivity index (χ2n) is 4.39. The molecule has 1 aliphatic rings. The molecule has 1 atom stereocenters. The molecule has 2 aromatic carbocycles. The van der Waals surface area contributed by atoms with Crippen molar-refractivity contribution < 1.29 is 4.74 Å².